The van der Waals surface area contributed by atoms with Gasteiger partial charge in [0, 0.05) is 10.1 Å². The van der Waals surface area contributed by atoms with Crippen molar-refractivity contribution in [2.45, 2.75) is 0 Å². The van der Waals surface area contributed by atoms with Gasteiger partial charge in [0.25, 0.3) is 0 Å². The summed E-state index contributed by atoms with van der Waals surface area (Å²) in [6.45, 7) is 0. The number of benzene rings is 1. The number of nitrogens with one attached hydrogen (secondary N) is 1. The fraction of sp³-hybridized carbons (Fsp3) is 0. The highest BCUT2D eigenvalue weighted by Gasteiger charge is 2.12. The van der Waals surface area contributed by atoms with Crippen LogP contribution in [0.1, 0.15) is 5.56 Å². The maximum absolute atomic E-state index is 5.19. The molecule has 0 spiro atoms. The van der Waals surface area contributed by atoms with Crippen LogP contribution in [0.4, 0.5) is 0 Å². The Kier molecular flexibility index (Phi) is 1.93. The lowest BCUT2D eigenvalue weighted by molar-refractivity contribution is 0.0102. The van der Waals surface area contributed by atoms with E-state index in [9.17, 15) is 0 Å². The number of thiol groups is 1. The van der Waals surface area contributed by atoms with Crippen LogP contribution in [0.2, 0.25) is 0 Å². The van der Waals surface area contributed by atoms with E-state index in [4.69, 9.17) is 4.84 Å². The lowest BCUT2D eigenvalue weighted by atomic mass is 10.2. The van der Waals surface area contributed by atoms with Crippen LogP contribution in [0.15, 0.2) is 36.5 Å². The lowest BCUT2D eigenvalue weighted by Gasteiger charge is -2.07. The first-order chi connectivity index (χ1) is 5.86. The molecular formula is C8H8N2OS. The van der Waals surface area contributed by atoms with Gasteiger partial charge < -0.3 is 4.84 Å². The van der Waals surface area contributed by atoms with Gasteiger partial charge in [-0.15, -0.1) is 0 Å². The maximum atomic E-state index is 5.19. The van der Waals surface area contributed by atoms with Gasteiger partial charge >= 0.3 is 0 Å². The average Bonchev–Trinajstić information content (AvgIpc) is 2.54. The molecule has 12 heavy (non-hydrogen) atoms. The Morgan fingerprint density at radius 2 is 2.00 bits per heavy atom. The highest BCUT2D eigenvalue weighted by Crippen LogP contribution is 2.20. The van der Waals surface area contributed by atoms with E-state index in [1.165, 1.54) is 4.58 Å². The summed E-state index contributed by atoms with van der Waals surface area (Å²) in [6.07, 6.45) is 1.75. The van der Waals surface area contributed by atoms with Crippen molar-refractivity contribution in [1.82, 2.24) is 10.0 Å². The minimum absolute atomic E-state index is 0.769. The molecule has 4 heteroatoms. The van der Waals surface area contributed by atoms with Crippen molar-refractivity contribution in [2.24, 2.45) is 0 Å². The molecule has 0 atom stereocenters. The van der Waals surface area contributed by atoms with E-state index in [1.54, 1.807) is 6.20 Å². The van der Waals surface area contributed by atoms with Gasteiger partial charge in [0.1, 0.15) is 0 Å². The fourth-order valence-corrected chi connectivity index (χ4v) is 1.14. The normalized spacial score (nSPS) is 16.6. The van der Waals surface area contributed by atoms with Crippen molar-refractivity contribution in [3.63, 3.8) is 0 Å². The van der Waals surface area contributed by atoms with Crippen molar-refractivity contribution >= 4 is 18.6 Å². The van der Waals surface area contributed by atoms with Crippen molar-refractivity contribution in [1.29, 1.82) is 0 Å². The first kappa shape index (κ1) is 7.52. The number of rotatable bonds is 1. The van der Waals surface area contributed by atoms with E-state index in [0.29, 0.717) is 0 Å². The summed E-state index contributed by atoms with van der Waals surface area (Å²) < 4.78 is 1.25. The summed E-state index contributed by atoms with van der Waals surface area (Å²) in [7, 11) is 0. The third-order valence-electron chi connectivity index (χ3n) is 1.55. The minimum Gasteiger partial charge on any atom is -0.373 e. The monoisotopic (exact) mass is 180 g/mol. The molecule has 0 aliphatic carbocycles. The van der Waals surface area contributed by atoms with E-state index in [-0.39, 0.29) is 0 Å². The molecule has 2 rings (SSSR count). The lowest BCUT2D eigenvalue weighted by Crippen LogP contribution is -2.16. The molecule has 1 heterocycles. The third-order valence-corrected chi connectivity index (χ3v) is 1.75. The summed E-state index contributed by atoms with van der Waals surface area (Å²) in [4.78, 5) is 5.19. The summed E-state index contributed by atoms with van der Waals surface area (Å²) in [6, 6.07) is 9.83. The molecule has 1 aromatic carbocycles. The van der Waals surface area contributed by atoms with Crippen LogP contribution < -0.4 is 5.43 Å². The third kappa shape index (κ3) is 1.39. The molecule has 1 aromatic rings. The predicted molar refractivity (Wildman–Crippen MR) is 49.5 cm³/mol. The summed E-state index contributed by atoms with van der Waals surface area (Å²) in [5, 5.41) is 0. The molecular weight excluding hydrogens is 172 g/mol. The molecule has 1 aliphatic heterocycles. The Morgan fingerprint density at radius 1 is 1.25 bits per heavy atom. The van der Waals surface area contributed by atoms with E-state index in [1.807, 2.05) is 30.3 Å². The number of hydrazine groups is 1. The molecule has 0 saturated heterocycles. The van der Waals surface area contributed by atoms with Gasteiger partial charge in [-0.2, -0.15) is 0 Å². The molecule has 0 saturated carbocycles. The Hall–Kier alpha value is -1.13. The first-order valence-electron chi connectivity index (χ1n) is 3.55. The van der Waals surface area contributed by atoms with Gasteiger partial charge in [-0.3, -0.25) is 5.43 Å². The van der Waals surface area contributed by atoms with Crippen molar-refractivity contribution < 1.29 is 4.84 Å². The Morgan fingerprint density at radius 3 is 2.58 bits per heavy atom. The van der Waals surface area contributed by atoms with Gasteiger partial charge in [-0.25, -0.2) is 0 Å². The van der Waals surface area contributed by atoms with Gasteiger partial charge in [-0.05, 0) is 12.8 Å². The second-order valence-electron chi connectivity index (χ2n) is 2.37. The van der Waals surface area contributed by atoms with Gasteiger partial charge in [0.05, 0.1) is 6.20 Å². The van der Waals surface area contributed by atoms with Crippen LogP contribution in [0, 0.1) is 0 Å². The zero-order chi connectivity index (χ0) is 8.39. The maximum Gasteiger partial charge on any atom is 0.175 e. The quantitative estimate of drug-likeness (QED) is 0.642. The fourth-order valence-electron chi connectivity index (χ4n) is 0.998. The van der Waals surface area contributed by atoms with Crippen LogP contribution in [-0.4, -0.2) is 4.58 Å². The van der Waals surface area contributed by atoms with Crippen LogP contribution >= 0.6 is 12.8 Å². The second kappa shape index (κ2) is 3.08. The molecule has 0 fully saturated rings. The summed E-state index contributed by atoms with van der Waals surface area (Å²) >= 11 is 3.95. The van der Waals surface area contributed by atoms with E-state index in [0.717, 1.165) is 11.3 Å². The molecule has 3 nitrogen and oxygen atoms in total. The highest BCUT2D eigenvalue weighted by molar-refractivity contribution is 7.77. The minimum atomic E-state index is 0.769. The number of nitrogens with zero attached hydrogens (tertiary/aromatic N) is 1. The molecule has 0 aromatic heterocycles. The SMILES string of the molecule is SN1NC=C(c2ccccc2)O1. The topological polar surface area (TPSA) is 24.5 Å². The molecule has 0 bridgehead atoms. The zero-order valence-corrected chi connectivity index (χ0v) is 7.16. The van der Waals surface area contributed by atoms with E-state index >= 15 is 0 Å². The van der Waals surface area contributed by atoms with Crippen molar-refractivity contribution in [3.05, 3.63) is 42.1 Å². The molecule has 0 unspecified atom stereocenters. The summed E-state index contributed by atoms with van der Waals surface area (Å²) in [5.74, 6) is 0.769. The highest BCUT2D eigenvalue weighted by atomic mass is 32.1. The molecule has 0 amide bonds. The van der Waals surface area contributed by atoms with Crippen LogP contribution in [0.3, 0.4) is 0 Å². The van der Waals surface area contributed by atoms with E-state index in [2.05, 4.69) is 18.2 Å². The predicted octanol–water partition coefficient (Wildman–Crippen LogP) is 1.58. The Labute approximate surface area is 76.1 Å². The Bertz CT molecular complexity index is 299. The molecule has 62 valence electrons. The molecule has 0 radical (unpaired) electrons. The van der Waals surface area contributed by atoms with Crippen LogP contribution in [-0.2, 0) is 4.84 Å². The van der Waals surface area contributed by atoms with Crippen LogP contribution in [0.25, 0.3) is 5.76 Å². The van der Waals surface area contributed by atoms with Gasteiger partial charge in [0.15, 0.2) is 5.76 Å². The summed E-state index contributed by atoms with van der Waals surface area (Å²) in [5.41, 5.74) is 3.81. The number of hydrogen-bond acceptors (Lipinski definition) is 4. The van der Waals surface area contributed by atoms with Gasteiger partial charge in [0.2, 0.25) is 0 Å². The van der Waals surface area contributed by atoms with Gasteiger partial charge in [-0.1, -0.05) is 30.3 Å². The average molecular weight is 180 g/mol. The van der Waals surface area contributed by atoms with Crippen molar-refractivity contribution in [2.75, 3.05) is 0 Å². The zero-order valence-electron chi connectivity index (χ0n) is 6.27. The standard InChI is InChI=1S/C8H8N2OS/c12-10-9-6-8(11-10)7-4-2-1-3-5-7/h1-6,9,12H. The molecule has 1 N–H and O–H groups in total. The number of hydrogen-bond donors (Lipinski definition) is 2. The second-order valence-corrected chi connectivity index (χ2v) is 2.73. The first-order valence-corrected chi connectivity index (χ1v) is 3.95. The van der Waals surface area contributed by atoms with E-state index < -0.39 is 0 Å². The molecule has 1 aliphatic rings. The van der Waals surface area contributed by atoms with Crippen LogP contribution in [0.5, 0.6) is 0 Å². The Balaban J connectivity index is 2.22. The largest absolute Gasteiger partial charge is 0.373 e. The van der Waals surface area contributed by atoms with Crippen molar-refractivity contribution in [3.8, 4) is 0 Å². The smallest absolute Gasteiger partial charge is 0.175 e.